The molecule has 0 atom stereocenters. The Labute approximate surface area is 262 Å². The van der Waals surface area contributed by atoms with Gasteiger partial charge in [-0.25, -0.2) is 4.79 Å². The summed E-state index contributed by atoms with van der Waals surface area (Å²) in [6, 6.07) is 18.9. The van der Waals surface area contributed by atoms with Crippen molar-refractivity contribution in [2.75, 3.05) is 19.6 Å². The largest absolute Gasteiger partial charge is 0.370 e. The number of nitrogens with one attached hydrogen (secondary N) is 2. The Hall–Kier alpha value is -3.95. The average Bonchev–Trinajstić information content (AvgIpc) is 3.39. The highest BCUT2D eigenvalue weighted by molar-refractivity contribution is 5.76. The van der Waals surface area contributed by atoms with E-state index in [1.54, 1.807) is 4.57 Å². The summed E-state index contributed by atoms with van der Waals surface area (Å²) >= 11 is 0. The van der Waals surface area contributed by atoms with Crippen molar-refractivity contribution in [3.63, 3.8) is 0 Å². The quantitative estimate of drug-likeness (QED) is 0.0925. The molecule has 4 rings (SSSR count). The average molecular weight is 601 g/mol. The molecule has 0 radical (unpaired) electrons. The minimum atomic E-state index is -0.301. The van der Waals surface area contributed by atoms with E-state index in [2.05, 4.69) is 92.2 Å². The van der Waals surface area contributed by atoms with Crippen LogP contribution < -0.4 is 28.2 Å². The lowest BCUT2D eigenvalue weighted by atomic mass is 9.86. The predicted molar refractivity (Wildman–Crippen MR) is 185 cm³/mol. The van der Waals surface area contributed by atoms with E-state index >= 15 is 0 Å². The molecule has 44 heavy (non-hydrogen) atoms. The number of nitrogens with two attached hydrogens (primary N) is 3. The normalized spacial score (nSPS) is 11.7. The smallest absolute Gasteiger partial charge is 0.354 e. The van der Waals surface area contributed by atoms with E-state index in [4.69, 9.17) is 17.2 Å². The Morgan fingerprint density at radius 2 is 1.66 bits per heavy atom. The molecule has 2 heterocycles. The first-order valence-corrected chi connectivity index (χ1v) is 15.6. The third kappa shape index (κ3) is 10.6. The third-order valence-electron chi connectivity index (χ3n) is 7.38. The van der Waals surface area contributed by atoms with E-state index < -0.39 is 0 Å². The van der Waals surface area contributed by atoms with Gasteiger partial charge in [0.1, 0.15) is 5.65 Å². The second-order valence-electron chi connectivity index (χ2n) is 13.3. The van der Waals surface area contributed by atoms with Crippen LogP contribution in [0, 0.1) is 0 Å². The molecule has 238 valence electrons. The number of benzene rings is 2. The Morgan fingerprint density at radius 3 is 2.30 bits per heavy atom. The van der Waals surface area contributed by atoms with Crippen LogP contribution in [0.15, 0.2) is 70.6 Å². The van der Waals surface area contributed by atoms with Gasteiger partial charge in [0.2, 0.25) is 0 Å². The maximum atomic E-state index is 12.5. The fourth-order valence-corrected chi connectivity index (χ4v) is 4.67. The van der Waals surface area contributed by atoms with Gasteiger partial charge in [-0.05, 0) is 79.1 Å². The Balaban J connectivity index is 0.000000297. The number of aromatic amines is 1. The molecule has 0 aliphatic rings. The van der Waals surface area contributed by atoms with Crippen LogP contribution in [0.3, 0.4) is 0 Å². The molecule has 0 saturated carbocycles. The predicted octanol–water partition coefficient (Wildman–Crippen LogP) is 5.03. The molecule has 0 aliphatic heterocycles. The highest BCUT2D eigenvalue weighted by Crippen LogP contribution is 2.25. The summed E-state index contributed by atoms with van der Waals surface area (Å²) in [7, 11) is 0. The number of hydrogen-bond acceptors (Lipinski definition) is 5. The van der Waals surface area contributed by atoms with Crippen molar-refractivity contribution in [1.29, 1.82) is 0 Å². The molecule has 0 aliphatic carbocycles. The van der Waals surface area contributed by atoms with E-state index in [1.807, 2.05) is 30.5 Å². The summed E-state index contributed by atoms with van der Waals surface area (Å²) in [5.41, 5.74) is 22.5. The number of H-pyrrole nitrogens is 1. The van der Waals surface area contributed by atoms with Crippen LogP contribution in [0.5, 0.6) is 0 Å². The minimum Gasteiger partial charge on any atom is -0.370 e. The topological polar surface area (TPSA) is 153 Å². The summed E-state index contributed by atoms with van der Waals surface area (Å²) in [6.07, 6.45) is 6.18. The molecular weight excluding hydrogens is 548 g/mol. The zero-order chi connectivity index (χ0) is 32.3. The Morgan fingerprint density at radius 1 is 0.932 bits per heavy atom. The van der Waals surface area contributed by atoms with Crippen LogP contribution in [0.4, 0.5) is 0 Å². The van der Waals surface area contributed by atoms with Gasteiger partial charge >= 0.3 is 5.69 Å². The number of aliphatic imine (C=N–C) groups is 1. The van der Waals surface area contributed by atoms with Crippen LogP contribution in [-0.2, 0) is 23.8 Å². The van der Waals surface area contributed by atoms with Crippen LogP contribution in [0.2, 0.25) is 0 Å². The van der Waals surface area contributed by atoms with Crippen molar-refractivity contribution in [3.8, 4) is 5.69 Å². The second kappa shape index (κ2) is 15.7. The number of aryl methyl sites for hydroxylation is 1. The van der Waals surface area contributed by atoms with E-state index in [0.717, 1.165) is 61.2 Å². The molecule has 2 aromatic carbocycles. The van der Waals surface area contributed by atoms with E-state index in [1.165, 1.54) is 17.5 Å². The summed E-state index contributed by atoms with van der Waals surface area (Å²) < 4.78 is 1.58. The molecule has 0 fully saturated rings. The summed E-state index contributed by atoms with van der Waals surface area (Å²) in [5, 5.41) is 4.27. The van der Waals surface area contributed by atoms with Crippen LogP contribution >= 0.6 is 0 Å². The van der Waals surface area contributed by atoms with E-state index in [-0.39, 0.29) is 22.5 Å². The molecule has 0 saturated heterocycles. The monoisotopic (exact) mass is 600 g/mol. The van der Waals surface area contributed by atoms with Gasteiger partial charge in [0.15, 0.2) is 5.96 Å². The molecule has 9 nitrogen and oxygen atoms in total. The highest BCUT2D eigenvalue weighted by atomic mass is 16.1. The van der Waals surface area contributed by atoms with Gasteiger partial charge in [-0.2, -0.15) is 4.98 Å². The van der Waals surface area contributed by atoms with Crippen molar-refractivity contribution >= 4 is 17.0 Å². The molecular formula is C35H52N8O. The number of unbranched alkanes of at least 4 members (excludes halogenated alkanes) is 1. The fourth-order valence-electron chi connectivity index (χ4n) is 4.67. The number of aromatic nitrogens is 3. The molecule has 0 amide bonds. The van der Waals surface area contributed by atoms with Crippen molar-refractivity contribution in [2.24, 2.45) is 22.2 Å². The van der Waals surface area contributed by atoms with Gasteiger partial charge in [-0.3, -0.25) is 9.56 Å². The number of rotatable bonds is 11. The highest BCUT2D eigenvalue weighted by Gasteiger charge is 2.17. The number of fused-ring (bicyclic) bond motifs is 1. The molecule has 0 unspecified atom stereocenters. The lowest BCUT2D eigenvalue weighted by molar-refractivity contribution is 0.574. The van der Waals surface area contributed by atoms with Gasteiger partial charge in [0.25, 0.3) is 0 Å². The van der Waals surface area contributed by atoms with Gasteiger partial charge in [0, 0.05) is 35.8 Å². The van der Waals surface area contributed by atoms with Gasteiger partial charge < -0.3 is 27.5 Å². The fraction of sp³-hybridized carbons (Fsp3) is 0.457. The van der Waals surface area contributed by atoms with Crippen LogP contribution in [0.1, 0.15) is 83.2 Å². The van der Waals surface area contributed by atoms with Gasteiger partial charge in [-0.1, -0.05) is 77.9 Å². The standard InChI is InChI=1S/C21H29N7O.C14H23N/c1-21(2,3)17-11-15-13-28(20(29)27-18(15)26-17)16-7-5-14(6-8-16)12-24-9-4-10-25-19(22)23;1-14(2,3)13-9-6-8-12(11-13)7-4-5-10-15/h5-8,11,13,24H,4,9-10,12H2,1-3H3,(H4,22,23,25)(H,26,27,29);6,8-9,11H,4-5,7,10,15H2,1-3H3. The van der Waals surface area contributed by atoms with Gasteiger partial charge in [-0.15, -0.1) is 0 Å². The molecule has 9 heteroatoms. The van der Waals surface area contributed by atoms with Crippen molar-refractivity contribution < 1.29 is 0 Å². The first-order chi connectivity index (χ1) is 20.8. The Bertz CT molecular complexity index is 1550. The molecule has 0 bridgehead atoms. The summed E-state index contributed by atoms with van der Waals surface area (Å²) in [4.78, 5) is 23.9. The van der Waals surface area contributed by atoms with Crippen molar-refractivity contribution in [2.45, 2.75) is 84.6 Å². The second-order valence-corrected chi connectivity index (χ2v) is 13.3. The van der Waals surface area contributed by atoms with Crippen LogP contribution in [-0.4, -0.2) is 40.1 Å². The zero-order valence-electron chi connectivity index (χ0n) is 27.4. The molecule has 4 aromatic rings. The number of nitrogens with zero attached hydrogens (tertiary/aromatic N) is 3. The molecule has 2 aromatic heterocycles. The lowest BCUT2D eigenvalue weighted by Crippen LogP contribution is -2.23. The first-order valence-electron chi connectivity index (χ1n) is 15.6. The minimum absolute atomic E-state index is 0.0352. The molecule has 8 N–H and O–H groups in total. The SMILES string of the molecule is CC(C)(C)c1cc2cn(-c3ccc(CNCCCN=C(N)N)cc3)c(=O)nc2[nH]1.CC(C)(C)c1cccc(CCCCN)c1. The van der Waals surface area contributed by atoms with Crippen molar-refractivity contribution in [1.82, 2.24) is 19.9 Å². The van der Waals surface area contributed by atoms with E-state index in [0.29, 0.717) is 12.2 Å². The first kappa shape index (κ1) is 34.5. The maximum absolute atomic E-state index is 12.5. The van der Waals surface area contributed by atoms with Crippen molar-refractivity contribution in [3.05, 3.63) is 93.7 Å². The summed E-state index contributed by atoms with van der Waals surface area (Å²) in [5.74, 6) is 0.123. The maximum Gasteiger partial charge on any atom is 0.354 e. The summed E-state index contributed by atoms with van der Waals surface area (Å²) in [6.45, 7) is 16.1. The third-order valence-corrected chi connectivity index (χ3v) is 7.38. The number of hydrogen-bond donors (Lipinski definition) is 5. The van der Waals surface area contributed by atoms with Crippen LogP contribution in [0.25, 0.3) is 16.7 Å². The van der Waals surface area contributed by atoms with E-state index in [9.17, 15) is 4.79 Å². The molecule has 0 spiro atoms. The van der Waals surface area contributed by atoms with Gasteiger partial charge in [0.05, 0.1) is 5.69 Å². The number of guanidine groups is 1. The Kier molecular flexibility index (Phi) is 12.3. The zero-order valence-corrected chi connectivity index (χ0v) is 27.4. The lowest BCUT2D eigenvalue weighted by Gasteiger charge is -2.19.